The predicted octanol–water partition coefficient (Wildman–Crippen LogP) is 5.42. The number of aliphatic hydroxyl groups excluding tert-OH is 1. The number of methoxy groups -OCH3 is 3. The first-order valence-electron chi connectivity index (χ1n) is 10.9. The Labute approximate surface area is 222 Å². The van der Waals surface area contributed by atoms with Crippen LogP contribution in [0.3, 0.4) is 0 Å². The van der Waals surface area contributed by atoms with Gasteiger partial charge in [-0.05, 0) is 48.0 Å². The average molecular weight is 542 g/mol. The van der Waals surface area contributed by atoms with Crippen molar-refractivity contribution in [3.8, 4) is 11.5 Å². The highest BCUT2D eigenvalue weighted by atomic mass is 35.5. The van der Waals surface area contributed by atoms with Gasteiger partial charge < -0.3 is 19.3 Å². The summed E-state index contributed by atoms with van der Waals surface area (Å²) in [4.78, 5) is 40.1. The quantitative estimate of drug-likeness (QED) is 0.192. The number of hydrogen-bond acceptors (Lipinski definition) is 7. The molecule has 1 unspecified atom stereocenters. The summed E-state index contributed by atoms with van der Waals surface area (Å²) >= 11 is 12.5. The van der Waals surface area contributed by atoms with Crippen LogP contribution in [-0.4, -0.2) is 44.1 Å². The summed E-state index contributed by atoms with van der Waals surface area (Å²) in [7, 11) is 4.14. The van der Waals surface area contributed by atoms with Gasteiger partial charge in [0, 0.05) is 11.3 Å². The maximum atomic E-state index is 13.4. The van der Waals surface area contributed by atoms with Crippen molar-refractivity contribution in [1.82, 2.24) is 0 Å². The van der Waals surface area contributed by atoms with Crippen LogP contribution in [0.25, 0.3) is 5.76 Å². The van der Waals surface area contributed by atoms with Crippen LogP contribution in [0.4, 0.5) is 5.69 Å². The number of nitrogens with zero attached hydrogens (tertiary/aromatic N) is 1. The number of esters is 1. The fourth-order valence-electron chi connectivity index (χ4n) is 4.15. The Hall–Kier alpha value is -4.01. The van der Waals surface area contributed by atoms with Crippen molar-refractivity contribution >= 4 is 52.3 Å². The lowest BCUT2D eigenvalue weighted by molar-refractivity contribution is -0.132. The van der Waals surface area contributed by atoms with Crippen molar-refractivity contribution < 1.29 is 33.7 Å². The highest BCUT2D eigenvalue weighted by Gasteiger charge is 2.47. The van der Waals surface area contributed by atoms with E-state index in [4.69, 9.17) is 37.4 Å². The topological polar surface area (TPSA) is 102 Å². The van der Waals surface area contributed by atoms with Crippen molar-refractivity contribution in [2.75, 3.05) is 26.2 Å². The first kappa shape index (κ1) is 26.1. The molecular weight excluding hydrogens is 521 g/mol. The Bertz CT molecular complexity index is 1410. The third-order valence-electron chi connectivity index (χ3n) is 5.90. The van der Waals surface area contributed by atoms with E-state index in [1.54, 1.807) is 36.4 Å². The molecule has 190 valence electrons. The fourth-order valence-corrected chi connectivity index (χ4v) is 4.79. The van der Waals surface area contributed by atoms with Gasteiger partial charge in [-0.2, -0.15) is 0 Å². The Kier molecular flexibility index (Phi) is 7.42. The zero-order chi connectivity index (χ0) is 26.9. The molecular formula is C27H21Cl2NO7. The van der Waals surface area contributed by atoms with Crippen LogP contribution in [-0.2, 0) is 14.3 Å². The highest BCUT2D eigenvalue weighted by Crippen LogP contribution is 2.44. The van der Waals surface area contributed by atoms with Gasteiger partial charge in [-0.15, -0.1) is 0 Å². The van der Waals surface area contributed by atoms with Crippen LogP contribution in [0, 0.1) is 0 Å². The second kappa shape index (κ2) is 10.5. The number of anilines is 1. The molecule has 1 fully saturated rings. The summed E-state index contributed by atoms with van der Waals surface area (Å²) in [6, 6.07) is 14.5. The summed E-state index contributed by atoms with van der Waals surface area (Å²) in [6.45, 7) is 0. The normalized spacial score (nSPS) is 16.6. The summed E-state index contributed by atoms with van der Waals surface area (Å²) < 4.78 is 15.2. The molecule has 1 saturated heterocycles. The number of benzene rings is 3. The predicted molar refractivity (Wildman–Crippen MR) is 139 cm³/mol. The van der Waals surface area contributed by atoms with E-state index >= 15 is 0 Å². The van der Waals surface area contributed by atoms with E-state index in [1.165, 1.54) is 50.5 Å². The molecule has 0 bridgehead atoms. The van der Waals surface area contributed by atoms with E-state index in [2.05, 4.69) is 0 Å². The van der Waals surface area contributed by atoms with Gasteiger partial charge >= 0.3 is 5.97 Å². The Morgan fingerprint density at radius 1 is 0.892 bits per heavy atom. The minimum absolute atomic E-state index is 0.109. The van der Waals surface area contributed by atoms with Crippen molar-refractivity contribution in [2.24, 2.45) is 0 Å². The highest BCUT2D eigenvalue weighted by molar-refractivity contribution is 6.52. The molecule has 3 aromatic carbocycles. The number of ketones is 1. The summed E-state index contributed by atoms with van der Waals surface area (Å²) in [5, 5.41) is 11.5. The smallest absolute Gasteiger partial charge is 0.337 e. The summed E-state index contributed by atoms with van der Waals surface area (Å²) in [5.41, 5.74) is 0.891. The Morgan fingerprint density at radius 2 is 1.54 bits per heavy atom. The van der Waals surface area contributed by atoms with E-state index in [0.717, 1.165) is 0 Å². The third-order valence-corrected chi connectivity index (χ3v) is 6.46. The van der Waals surface area contributed by atoms with Crippen LogP contribution < -0.4 is 14.4 Å². The molecule has 0 aliphatic carbocycles. The standard InChI is InChI=1S/C27H21Cl2NO7/c1-35-18-9-7-14(8-10-18)22-21(23(31)16-12-19(28)25(36-2)20(29)13-16)24(32)26(33)30(22)17-6-4-5-15(11-17)27(34)37-3/h4-13,22,31H,1-3H3/b23-21+. The lowest BCUT2D eigenvalue weighted by atomic mass is 9.95. The summed E-state index contributed by atoms with van der Waals surface area (Å²) in [5.74, 6) is -2.15. The SMILES string of the molecule is COC(=O)c1cccc(N2C(=O)C(=O)/C(=C(/O)c3cc(Cl)c(OC)c(Cl)c3)C2c2ccc(OC)cc2)c1. The Morgan fingerprint density at radius 3 is 2.11 bits per heavy atom. The molecule has 4 rings (SSSR count). The molecule has 10 heteroatoms. The van der Waals surface area contributed by atoms with E-state index < -0.39 is 29.5 Å². The zero-order valence-corrected chi connectivity index (χ0v) is 21.5. The molecule has 3 aromatic rings. The number of carbonyl (C=O) groups excluding carboxylic acids is 3. The zero-order valence-electron chi connectivity index (χ0n) is 20.0. The first-order chi connectivity index (χ1) is 17.7. The minimum atomic E-state index is -1.04. The summed E-state index contributed by atoms with van der Waals surface area (Å²) in [6.07, 6.45) is 0. The molecule has 0 aromatic heterocycles. The van der Waals surface area contributed by atoms with Crippen LogP contribution in [0.2, 0.25) is 10.0 Å². The second-order valence-corrected chi connectivity index (χ2v) is 8.77. The number of halogens is 2. The minimum Gasteiger partial charge on any atom is -0.507 e. The molecule has 37 heavy (non-hydrogen) atoms. The van der Waals surface area contributed by atoms with Gasteiger partial charge in [0.1, 0.15) is 11.5 Å². The molecule has 1 heterocycles. The molecule has 1 N–H and O–H groups in total. The van der Waals surface area contributed by atoms with E-state index in [1.807, 2.05) is 0 Å². The van der Waals surface area contributed by atoms with Gasteiger partial charge in [0.15, 0.2) is 5.75 Å². The molecule has 1 aliphatic rings. The molecule has 0 radical (unpaired) electrons. The van der Waals surface area contributed by atoms with Gasteiger partial charge in [-0.1, -0.05) is 41.4 Å². The van der Waals surface area contributed by atoms with Crippen molar-refractivity contribution in [3.63, 3.8) is 0 Å². The van der Waals surface area contributed by atoms with Crippen LogP contribution in [0.5, 0.6) is 11.5 Å². The largest absolute Gasteiger partial charge is 0.507 e. The lowest BCUT2D eigenvalue weighted by Gasteiger charge is -2.26. The maximum Gasteiger partial charge on any atom is 0.337 e. The van der Waals surface area contributed by atoms with Gasteiger partial charge in [0.25, 0.3) is 11.7 Å². The molecule has 0 saturated carbocycles. The molecule has 0 spiro atoms. The van der Waals surface area contributed by atoms with Gasteiger partial charge in [0.2, 0.25) is 0 Å². The van der Waals surface area contributed by atoms with Gasteiger partial charge in [-0.25, -0.2) is 4.79 Å². The first-order valence-corrected chi connectivity index (χ1v) is 11.6. The van der Waals surface area contributed by atoms with E-state index in [0.29, 0.717) is 11.3 Å². The molecule has 1 atom stereocenters. The van der Waals surface area contributed by atoms with Crippen molar-refractivity contribution in [3.05, 3.63) is 93.0 Å². The number of Topliss-reactive ketones (excluding diaryl/α,β-unsaturated/α-hetero) is 1. The monoisotopic (exact) mass is 541 g/mol. The third kappa shape index (κ3) is 4.73. The molecule has 1 aliphatic heterocycles. The lowest BCUT2D eigenvalue weighted by Crippen LogP contribution is -2.29. The van der Waals surface area contributed by atoms with E-state index in [9.17, 15) is 19.5 Å². The number of aliphatic hydroxyl groups is 1. The van der Waals surface area contributed by atoms with Gasteiger partial charge in [-0.3, -0.25) is 14.5 Å². The second-order valence-electron chi connectivity index (χ2n) is 7.96. The number of rotatable bonds is 6. The Balaban J connectivity index is 1.95. The number of carbonyl (C=O) groups is 3. The van der Waals surface area contributed by atoms with E-state index in [-0.39, 0.29) is 38.2 Å². The average Bonchev–Trinajstić information content (AvgIpc) is 3.17. The van der Waals surface area contributed by atoms with Crippen LogP contribution >= 0.6 is 23.2 Å². The van der Waals surface area contributed by atoms with Crippen molar-refractivity contribution in [2.45, 2.75) is 6.04 Å². The molecule has 1 amide bonds. The van der Waals surface area contributed by atoms with Gasteiger partial charge in [0.05, 0.1) is 48.6 Å². The number of ether oxygens (including phenoxy) is 3. The van der Waals surface area contributed by atoms with Crippen molar-refractivity contribution in [1.29, 1.82) is 0 Å². The number of amides is 1. The van der Waals surface area contributed by atoms with Crippen LogP contribution in [0.1, 0.15) is 27.5 Å². The number of hydrogen-bond donors (Lipinski definition) is 1. The molecule has 8 nitrogen and oxygen atoms in total. The maximum absolute atomic E-state index is 13.4. The van der Waals surface area contributed by atoms with Crippen LogP contribution in [0.15, 0.2) is 66.2 Å². The fraction of sp³-hybridized carbons (Fsp3) is 0.148.